The number of fused-ring (bicyclic) bond motifs is 1. The summed E-state index contributed by atoms with van der Waals surface area (Å²) in [5, 5.41) is 9.61. The second kappa shape index (κ2) is 6.20. The van der Waals surface area contributed by atoms with Gasteiger partial charge in [0.2, 0.25) is 0 Å². The highest BCUT2D eigenvalue weighted by atomic mass is 35.5. The van der Waals surface area contributed by atoms with Crippen LogP contribution >= 0.6 is 11.6 Å². The Bertz CT molecular complexity index is 1010. The standard InChI is InChI=1S/C14H9ClF3N5O2/c15-9-4-7(14(16,17)18)6-23-10(21-22-11(9)23)5-20-13(25)8-2-1-3-19-12(8)24/h1-4,6H,5H2,(H,19,24)(H,20,25). The lowest BCUT2D eigenvalue weighted by molar-refractivity contribution is -0.137. The molecule has 0 fully saturated rings. The summed E-state index contributed by atoms with van der Waals surface area (Å²) in [6.45, 7) is -0.244. The highest BCUT2D eigenvalue weighted by molar-refractivity contribution is 6.33. The van der Waals surface area contributed by atoms with Crippen molar-refractivity contribution in [2.24, 2.45) is 0 Å². The highest BCUT2D eigenvalue weighted by Crippen LogP contribution is 2.32. The van der Waals surface area contributed by atoms with Crippen molar-refractivity contribution in [3.8, 4) is 0 Å². The molecule has 0 spiro atoms. The van der Waals surface area contributed by atoms with E-state index in [4.69, 9.17) is 11.6 Å². The minimum absolute atomic E-state index is 0.0245. The molecule has 11 heteroatoms. The van der Waals surface area contributed by atoms with Crippen molar-refractivity contribution < 1.29 is 18.0 Å². The van der Waals surface area contributed by atoms with Crippen molar-refractivity contribution in [3.05, 3.63) is 62.9 Å². The molecule has 2 N–H and O–H groups in total. The van der Waals surface area contributed by atoms with Crippen LogP contribution in [-0.2, 0) is 12.7 Å². The molecule has 0 aliphatic carbocycles. The van der Waals surface area contributed by atoms with Crippen LogP contribution in [0.4, 0.5) is 13.2 Å². The maximum atomic E-state index is 12.9. The van der Waals surface area contributed by atoms with Crippen LogP contribution in [0.2, 0.25) is 5.02 Å². The molecule has 3 heterocycles. The predicted molar refractivity (Wildman–Crippen MR) is 81.2 cm³/mol. The number of amides is 1. The second-order valence-electron chi connectivity index (χ2n) is 4.98. The van der Waals surface area contributed by atoms with Gasteiger partial charge in [0.25, 0.3) is 11.5 Å². The molecule has 130 valence electrons. The molecule has 7 nitrogen and oxygen atoms in total. The molecule has 0 aliphatic rings. The van der Waals surface area contributed by atoms with Crippen LogP contribution in [-0.4, -0.2) is 25.5 Å². The Hall–Kier alpha value is -2.88. The van der Waals surface area contributed by atoms with Crippen LogP contribution < -0.4 is 10.9 Å². The Kier molecular flexibility index (Phi) is 4.21. The van der Waals surface area contributed by atoms with Crippen LogP contribution in [0.15, 0.2) is 35.4 Å². The predicted octanol–water partition coefficient (Wildman–Crippen LogP) is 2.02. The molecule has 0 atom stereocenters. The summed E-state index contributed by atoms with van der Waals surface area (Å²) in [7, 11) is 0. The Balaban J connectivity index is 1.89. The van der Waals surface area contributed by atoms with E-state index in [1.165, 1.54) is 18.3 Å². The van der Waals surface area contributed by atoms with Crippen molar-refractivity contribution in [2.75, 3.05) is 0 Å². The molecule has 3 rings (SSSR count). The average Bonchev–Trinajstić information content (AvgIpc) is 2.96. The van der Waals surface area contributed by atoms with Crippen molar-refractivity contribution >= 4 is 23.2 Å². The third-order valence-corrected chi connectivity index (χ3v) is 3.61. The molecule has 0 saturated heterocycles. The molecule has 0 unspecified atom stereocenters. The van der Waals surface area contributed by atoms with Gasteiger partial charge in [-0.05, 0) is 18.2 Å². The van der Waals surface area contributed by atoms with Gasteiger partial charge in [-0.3, -0.25) is 14.0 Å². The molecule has 1 amide bonds. The van der Waals surface area contributed by atoms with E-state index in [2.05, 4.69) is 20.5 Å². The number of alkyl halides is 3. The van der Waals surface area contributed by atoms with E-state index in [9.17, 15) is 22.8 Å². The smallest absolute Gasteiger partial charge is 0.345 e. The molecule has 0 aliphatic heterocycles. The molecular weight excluding hydrogens is 363 g/mol. The zero-order valence-corrected chi connectivity index (χ0v) is 13.0. The molecule has 25 heavy (non-hydrogen) atoms. The molecular formula is C14H9ClF3N5O2. The molecule has 0 aromatic carbocycles. The lowest BCUT2D eigenvalue weighted by Gasteiger charge is -2.09. The SMILES string of the molecule is O=C(NCc1nnc2c(Cl)cc(C(F)(F)F)cn12)c1ccc[nH]c1=O. The lowest BCUT2D eigenvalue weighted by Crippen LogP contribution is -2.29. The highest BCUT2D eigenvalue weighted by Gasteiger charge is 2.32. The van der Waals surface area contributed by atoms with Gasteiger partial charge < -0.3 is 10.3 Å². The Morgan fingerprint density at radius 3 is 2.80 bits per heavy atom. The number of rotatable bonds is 3. The van der Waals surface area contributed by atoms with Gasteiger partial charge in [-0.25, -0.2) is 0 Å². The Labute approximate surface area is 142 Å². The van der Waals surface area contributed by atoms with Gasteiger partial charge in [-0.1, -0.05) is 11.6 Å². The molecule has 0 saturated carbocycles. The first-order chi connectivity index (χ1) is 11.8. The monoisotopic (exact) mass is 371 g/mol. The number of hydrogen-bond donors (Lipinski definition) is 2. The van der Waals surface area contributed by atoms with Gasteiger partial charge in [-0.15, -0.1) is 10.2 Å². The molecule has 3 aromatic heterocycles. The number of nitrogens with zero attached hydrogens (tertiary/aromatic N) is 3. The first kappa shape index (κ1) is 17.0. The number of carbonyl (C=O) groups is 1. The van der Waals surface area contributed by atoms with E-state index >= 15 is 0 Å². The van der Waals surface area contributed by atoms with Crippen LogP contribution in [0.1, 0.15) is 21.7 Å². The summed E-state index contributed by atoms with van der Waals surface area (Å²) in [5.41, 5.74) is -1.67. The van der Waals surface area contributed by atoms with Gasteiger partial charge in [0, 0.05) is 12.4 Å². The summed E-state index contributed by atoms with van der Waals surface area (Å²) in [5.74, 6) is -0.666. The number of carbonyl (C=O) groups excluding carboxylic acids is 1. The first-order valence-electron chi connectivity index (χ1n) is 6.83. The maximum absolute atomic E-state index is 12.9. The van der Waals surface area contributed by atoms with E-state index in [-0.39, 0.29) is 28.6 Å². The van der Waals surface area contributed by atoms with E-state index in [1.807, 2.05) is 0 Å². The van der Waals surface area contributed by atoms with Gasteiger partial charge in [-0.2, -0.15) is 13.2 Å². The summed E-state index contributed by atoms with van der Waals surface area (Å²) in [6.07, 6.45) is -2.44. The van der Waals surface area contributed by atoms with E-state index in [0.29, 0.717) is 0 Å². The van der Waals surface area contributed by atoms with Crippen LogP contribution in [0, 0.1) is 0 Å². The topological polar surface area (TPSA) is 92.2 Å². The van der Waals surface area contributed by atoms with Gasteiger partial charge >= 0.3 is 6.18 Å². The zero-order valence-electron chi connectivity index (χ0n) is 12.3. The molecule has 0 bridgehead atoms. The fourth-order valence-electron chi connectivity index (χ4n) is 2.13. The van der Waals surface area contributed by atoms with Gasteiger partial charge in [0.15, 0.2) is 11.5 Å². The molecule has 0 radical (unpaired) electrons. The summed E-state index contributed by atoms with van der Waals surface area (Å²) in [4.78, 5) is 25.9. The zero-order chi connectivity index (χ0) is 18.2. The average molecular weight is 372 g/mol. The van der Waals surface area contributed by atoms with E-state index < -0.39 is 23.2 Å². The third-order valence-electron chi connectivity index (χ3n) is 3.33. The normalized spacial score (nSPS) is 11.7. The Morgan fingerprint density at radius 1 is 1.36 bits per heavy atom. The number of H-pyrrole nitrogens is 1. The van der Waals surface area contributed by atoms with Crippen LogP contribution in [0.3, 0.4) is 0 Å². The summed E-state index contributed by atoms with van der Waals surface area (Å²) < 4.78 is 39.7. The number of nitrogens with one attached hydrogen (secondary N) is 2. The largest absolute Gasteiger partial charge is 0.417 e. The first-order valence-corrected chi connectivity index (χ1v) is 7.21. The fourth-order valence-corrected chi connectivity index (χ4v) is 2.38. The van der Waals surface area contributed by atoms with E-state index in [1.54, 1.807) is 0 Å². The van der Waals surface area contributed by atoms with Crippen molar-refractivity contribution in [2.45, 2.75) is 12.7 Å². The number of aromatic amines is 1. The van der Waals surface area contributed by atoms with Gasteiger partial charge in [0.1, 0.15) is 5.56 Å². The van der Waals surface area contributed by atoms with Crippen molar-refractivity contribution in [3.63, 3.8) is 0 Å². The number of aromatic nitrogens is 4. The second-order valence-corrected chi connectivity index (χ2v) is 5.39. The quantitative estimate of drug-likeness (QED) is 0.736. The van der Waals surface area contributed by atoms with E-state index in [0.717, 1.165) is 16.7 Å². The van der Waals surface area contributed by atoms with Crippen molar-refractivity contribution in [1.82, 2.24) is 24.9 Å². The summed E-state index contributed by atoms with van der Waals surface area (Å²) in [6, 6.07) is 3.53. The summed E-state index contributed by atoms with van der Waals surface area (Å²) >= 11 is 5.80. The van der Waals surface area contributed by atoms with Crippen LogP contribution in [0.5, 0.6) is 0 Å². The lowest BCUT2D eigenvalue weighted by atomic mass is 10.2. The fraction of sp³-hybridized carbons (Fsp3) is 0.143. The van der Waals surface area contributed by atoms with Gasteiger partial charge in [0.05, 0.1) is 17.1 Å². The molecule has 3 aromatic rings. The maximum Gasteiger partial charge on any atom is 0.417 e. The minimum Gasteiger partial charge on any atom is -0.345 e. The number of halogens is 4. The minimum atomic E-state index is -4.60. The number of pyridine rings is 2. The Morgan fingerprint density at radius 2 is 2.12 bits per heavy atom. The third kappa shape index (κ3) is 3.33. The van der Waals surface area contributed by atoms with Crippen LogP contribution in [0.25, 0.3) is 5.65 Å². The number of hydrogen-bond acceptors (Lipinski definition) is 4. The van der Waals surface area contributed by atoms with Crippen molar-refractivity contribution in [1.29, 1.82) is 0 Å².